The van der Waals surface area contributed by atoms with Gasteiger partial charge in [0.1, 0.15) is 10.4 Å². The van der Waals surface area contributed by atoms with Crippen molar-refractivity contribution in [3.05, 3.63) is 50.5 Å². The van der Waals surface area contributed by atoms with Gasteiger partial charge in [-0.05, 0) is 62.2 Å². The van der Waals surface area contributed by atoms with Gasteiger partial charge < -0.3 is 5.32 Å². The van der Waals surface area contributed by atoms with Crippen molar-refractivity contribution in [3.8, 4) is 0 Å². The molecule has 0 aliphatic carbocycles. The van der Waals surface area contributed by atoms with Gasteiger partial charge in [-0.2, -0.15) is 0 Å². The average Bonchev–Trinajstić information content (AvgIpc) is 2.24. The molecule has 0 saturated heterocycles. The van der Waals surface area contributed by atoms with Crippen LogP contribution in [-0.2, 0) is 0 Å². The molecule has 0 amide bonds. The van der Waals surface area contributed by atoms with E-state index in [-0.39, 0.29) is 0 Å². The van der Waals surface area contributed by atoms with Gasteiger partial charge >= 0.3 is 0 Å². The highest BCUT2D eigenvalue weighted by molar-refractivity contribution is 9.10. The van der Waals surface area contributed by atoms with Crippen LogP contribution in [0.15, 0.2) is 45.5 Å². The first-order valence-corrected chi connectivity index (χ1v) is 6.46. The number of nitrogens with one attached hydrogen (secondary N) is 1. The molecule has 2 rings (SSSR count). The van der Waals surface area contributed by atoms with Gasteiger partial charge in [0.15, 0.2) is 0 Å². The Morgan fingerprint density at radius 3 is 2.62 bits per heavy atom. The van der Waals surface area contributed by atoms with Crippen LogP contribution in [0.3, 0.4) is 0 Å². The summed E-state index contributed by atoms with van der Waals surface area (Å²) in [4.78, 5) is 4.27. The van der Waals surface area contributed by atoms with Gasteiger partial charge in [0, 0.05) is 10.2 Å². The Labute approximate surface area is 115 Å². The second-order valence-electron chi connectivity index (χ2n) is 3.10. The van der Waals surface area contributed by atoms with E-state index in [2.05, 4.69) is 42.2 Å². The Morgan fingerprint density at radius 2 is 1.94 bits per heavy atom. The Hall–Kier alpha value is -0.580. The highest BCUT2D eigenvalue weighted by atomic mass is 79.9. The van der Waals surface area contributed by atoms with Gasteiger partial charge in [0.05, 0.1) is 5.02 Å². The molecular weight excluding hydrogens is 355 g/mol. The molecule has 82 valence electrons. The SMILES string of the molecule is Clc1cc(Nc2cccc(Br)n2)ccc1Br. The predicted octanol–water partition coefficient (Wildman–Crippen LogP) is 5.00. The van der Waals surface area contributed by atoms with Crippen LogP contribution >= 0.6 is 43.5 Å². The van der Waals surface area contributed by atoms with Crippen molar-refractivity contribution in [2.75, 3.05) is 5.32 Å². The van der Waals surface area contributed by atoms with Crippen LogP contribution in [0.1, 0.15) is 0 Å². The third-order valence-corrected chi connectivity index (χ3v) is 3.58. The van der Waals surface area contributed by atoms with E-state index in [0.717, 1.165) is 20.6 Å². The molecule has 1 aromatic carbocycles. The van der Waals surface area contributed by atoms with E-state index in [0.29, 0.717) is 5.02 Å². The Bertz CT molecular complexity index is 517. The number of benzene rings is 1. The van der Waals surface area contributed by atoms with Gasteiger partial charge in [0.2, 0.25) is 0 Å². The number of halogens is 3. The topological polar surface area (TPSA) is 24.9 Å². The molecular formula is C11H7Br2ClN2. The van der Waals surface area contributed by atoms with Gasteiger partial charge in [-0.1, -0.05) is 17.7 Å². The van der Waals surface area contributed by atoms with E-state index < -0.39 is 0 Å². The molecule has 0 saturated carbocycles. The van der Waals surface area contributed by atoms with Crippen LogP contribution in [0.25, 0.3) is 0 Å². The first-order chi connectivity index (χ1) is 7.65. The fourth-order valence-corrected chi connectivity index (χ4v) is 1.97. The van der Waals surface area contributed by atoms with Crippen molar-refractivity contribution in [2.45, 2.75) is 0 Å². The standard InChI is InChI=1S/C11H7Br2ClN2/c12-8-5-4-7(6-9(8)14)15-11-3-1-2-10(13)16-11/h1-6H,(H,15,16). The molecule has 0 fully saturated rings. The molecule has 0 aliphatic rings. The van der Waals surface area contributed by atoms with E-state index >= 15 is 0 Å². The van der Waals surface area contributed by atoms with Crippen molar-refractivity contribution in [2.24, 2.45) is 0 Å². The summed E-state index contributed by atoms with van der Waals surface area (Å²) in [5, 5.41) is 3.83. The van der Waals surface area contributed by atoms with Crippen LogP contribution in [-0.4, -0.2) is 4.98 Å². The van der Waals surface area contributed by atoms with E-state index in [1.165, 1.54) is 0 Å². The minimum atomic E-state index is 0.667. The monoisotopic (exact) mass is 360 g/mol. The van der Waals surface area contributed by atoms with E-state index in [1.54, 1.807) is 0 Å². The molecule has 16 heavy (non-hydrogen) atoms. The Balaban J connectivity index is 2.24. The number of nitrogens with zero attached hydrogens (tertiary/aromatic N) is 1. The lowest BCUT2D eigenvalue weighted by molar-refractivity contribution is 1.26. The van der Waals surface area contributed by atoms with Crippen molar-refractivity contribution in [1.29, 1.82) is 0 Å². The molecule has 0 bridgehead atoms. The third-order valence-electron chi connectivity index (χ3n) is 1.91. The third kappa shape index (κ3) is 2.97. The van der Waals surface area contributed by atoms with E-state index in [1.807, 2.05) is 36.4 Å². The predicted molar refractivity (Wildman–Crippen MR) is 74.4 cm³/mol. The molecule has 1 heterocycles. The van der Waals surface area contributed by atoms with Gasteiger partial charge in [-0.25, -0.2) is 4.98 Å². The molecule has 5 heteroatoms. The number of hydrogen-bond acceptors (Lipinski definition) is 2. The van der Waals surface area contributed by atoms with Gasteiger partial charge in [-0.15, -0.1) is 0 Å². The molecule has 0 spiro atoms. The first-order valence-electron chi connectivity index (χ1n) is 4.50. The lowest BCUT2D eigenvalue weighted by Crippen LogP contribution is -1.93. The smallest absolute Gasteiger partial charge is 0.131 e. The number of rotatable bonds is 2. The number of pyridine rings is 1. The van der Waals surface area contributed by atoms with Gasteiger partial charge in [0.25, 0.3) is 0 Å². The summed E-state index contributed by atoms with van der Waals surface area (Å²) >= 11 is 12.7. The molecule has 0 unspecified atom stereocenters. The second-order valence-corrected chi connectivity index (χ2v) is 5.17. The summed E-state index contributed by atoms with van der Waals surface area (Å²) in [6.07, 6.45) is 0. The lowest BCUT2D eigenvalue weighted by Gasteiger charge is -2.06. The summed E-state index contributed by atoms with van der Waals surface area (Å²) < 4.78 is 1.67. The van der Waals surface area contributed by atoms with Crippen molar-refractivity contribution in [1.82, 2.24) is 4.98 Å². The molecule has 1 aromatic heterocycles. The fourth-order valence-electron chi connectivity index (χ4n) is 1.20. The van der Waals surface area contributed by atoms with Crippen molar-refractivity contribution >= 4 is 55.0 Å². The maximum Gasteiger partial charge on any atom is 0.131 e. The van der Waals surface area contributed by atoms with Crippen LogP contribution in [0.4, 0.5) is 11.5 Å². The molecule has 0 atom stereocenters. The molecule has 0 radical (unpaired) electrons. The number of anilines is 2. The second kappa shape index (κ2) is 5.17. The summed E-state index contributed by atoms with van der Waals surface area (Å²) in [6.45, 7) is 0. The zero-order chi connectivity index (χ0) is 11.5. The number of aromatic nitrogens is 1. The van der Waals surface area contributed by atoms with Crippen LogP contribution in [0, 0.1) is 0 Å². The Kier molecular flexibility index (Phi) is 3.84. The van der Waals surface area contributed by atoms with Crippen LogP contribution < -0.4 is 5.32 Å². The fraction of sp³-hybridized carbons (Fsp3) is 0. The molecule has 2 aromatic rings. The summed E-state index contributed by atoms with van der Waals surface area (Å²) in [7, 11) is 0. The zero-order valence-corrected chi connectivity index (χ0v) is 12.0. The Morgan fingerprint density at radius 1 is 1.12 bits per heavy atom. The molecule has 0 aliphatic heterocycles. The highest BCUT2D eigenvalue weighted by Crippen LogP contribution is 2.27. The summed E-state index contributed by atoms with van der Waals surface area (Å²) in [6, 6.07) is 11.3. The summed E-state index contributed by atoms with van der Waals surface area (Å²) in [5.74, 6) is 0.771. The van der Waals surface area contributed by atoms with Crippen molar-refractivity contribution < 1.29 is 0 Å². The highest BCUT2D eigenvalue weighted by Gasteiger charge is 2.00. The minimum absolute atomic E-state index is 0.667. The minimum Gasteiger partial charge on any atom is -0.340 e. The molecule has 1 N–H and O–H groups in total. The lowest BCUT2D eigenvalue weighted by atomic mass is 10.3. The first kappa shape index (κ1) is 11.9. The normalized spacial score (nSPS) is 10.2. The van der Waals surface area contributed by atoms with E-state index in [9.17, 15) is 0 Å². The maximum absolute atomic E-state index is 5.99. The maximum atomic E-state index is 5.99. The largest absolute Gasteiger partial charge is 0.340 e. The van der Waals surface area contributed by atoms with Crippen LogP contribution in [0.2, 0.25) is 5.02 Å². The average molecular weight is 362 g/mol. The quantitative estimate of drug-likeness (QED) is 0.760. The number of hydrogen-bond donors (Lipinski definition) is 1. The molecule has 2 nitrogen and oxygen atoms in total. The van der Waals surface area contributed by atoms with Gasteiger partial charge in [-0.3, -0.25) is 0 Å². The zero-order valence-electron chi connectivity index (χ0n) is 8.05. The van der Waals surface area contributed by atoms with Crippen LogP contribution in [0.5, 0.6) is 0 Å². The van der Waals surface area contributed by atoms with Crippen molar-refractivity contribution in [3.63, 3.8) is 0 Å². The van der Waals surface area contributed by atoms with E-state index in [4.69, 9.17) is 11.6 Å². The summed E-state index contributed by atoms with van der Waals surface area (Å²) in [5.41, 5.74) is 0.902.